The van der Waals surface area contributed by atoms with Gasteiger partial charge in [0, 0.05) is 26.4 Å². The summed E-state index contributed by atoms with van der Waals surface area (Å²) in [5, 5.41) is 76.0. The minimum Gasteiger partial charge on any atom is -0.505 e. The molecule has 14 unspecified atom stereocenters. The van der Waals surface area contributed by atoms with Crippen molar-refractivity contribution in [3.63, 3.8) is 0 Å². The van der Waals surface area contributed by atoms with Gasteiger partial charge in [0.25, 0.3) is 0 Å². The molecule has 0 saturated carbocycles. The number of hydrogen-bond donors (Lipinski definition) is 7. The Hall–Kier alpha value is -3.89. The van der Waals surface area contributed by atoms with Gasteiger partial charge in [-0.15, -0.1) is 0 Å². The molecule has 4 rings (SSSR count). The predicted octanol–water partition coefficient (Wildman–Crippen LogP) is 5.60. The first-order valence-electron chi connectivity index (χ1n) is 23.2. The highest BCUT2D eigenvalue weighted by atomic mass is 35.5. The number of ether oxygens (including phenoxy) is 8. The molecule has 20 heteroatoms. The van der Waals surface area contributed by atoms with Gasteiger partial charge >= 0.3 is 17.9 Å². The minimum atomic E-state index is -1.60. The van der Waals surface area contributed by atoms with Gasteiger partial charge in [0.15, 0.2) is 36.3 Å². The number of aliphatic hydroxyl groups is 5. The topological polar surface area (TPSA) is 267 Å². The zero-order valence-corrected chi connectivity index (χ0v) is 43.0. The predicted molar refractivity (Wildman–Crippen MR) is 256 cm³/mol. The smallest absolute Gasteiger partial charge is 0.342 e. The van der Waals surface area contributed by atoms with E-state index in [-0.39, 0.29) is 41.3 Å². The Morgan fingerprint density at radius 3 is 2.20 bits per heavy atom. The summed E-state index contributed by atoms with van der Waals surface area (Å²) in [6, 6.07) is 0. The van der Waals surface area contributed by atoms with Crippen molar-refractivity contribution in [2.75, 3.05) is 13.7 Å². The third-order valence-electron chi connectivity index (χ3n) is 12.6. The van der Waals surface area contributed by atoms with Crippen LogP contribution in [0.25, 0.3) is 0 Å². The normalized spacial score (nSPS) is 35.4. The zero-order valence-electron chi connectivity index (χ0n) is 41.5. The molecule has 14 atom stereocenters. The molecule has 1 aromatic carbocycles. The van der Waals surface area contributed by atoms with Gasteiger partial charge in [-0.2, -0.15) is 0 Å². The average molecular weight is 1030 g/mol. The summed E-state index contributed by atoms with van der Waals surface area (Å²) in [5.41, 5.74) is 0.330. The van der Waals surface area contributed by atoms with Gasteiger partial charge in [0.05, 0.1) is 41.6 Å². The van der Waals surface area contributed by atoms with Crippen molar-refractivity contribution in [2.24, 2.45) is 5.92 Å². The van der Waals surface area contributed by atoms with Crippen LogP contribution in [0.1, 0.15) is 104 Å². The van der Waals surface area contributed by atoms with Crippen LogP contribution in [0.5, 0.6) is 11.5 Å². The molecule has 1 aromatic rings. The van der Waals surface area contributed by atoms with Crippen LogP contribution in [0, 0.1) is 5.92 Å². The van der Waals surface area contributed by atoms with E-state index < -0.39 is 132 Å². The Balaban J connectivity index is 1.61. The Bertz CT molecular complexity index is 2160. The first kappa shape index (κ1) is 58.7. The maximum absolute atomic E-state index is 13.9. The number of methoxy groups -OCH3 is 1. The molecule has 0 spiro atoms. The van der Waals surface area contributed by atoms with Crippen molar-refractivity contribution >= 4 is 41.1 Å². The largest absolute Gasteiger partial charge is 0.505 e. The van der Waals surface area contributed by atoms with Gasteiger partial charge in [-0.1, -0.05) is 73.0 Å². The van der Waals surface area contributed by atoms with Crippen LogP contribution in [-0.4, -0.2) is 153 Å². The number of phenolic OH excluding ortho intramolecular Hbond substituents is 2. The molecular formula is C50H70Cl2O18. The second kappa shape index (κ2) is 25.7. The summed E-state index contributed by atoms with van der Waals surface area (Å²) in [7, 11) is 1.26. The highest BCUT2D eigenvalue weighted by molar-refractivity contribution is 6.39. The van der Waals surface area contributed by atoms with E-state index in [2.05, 4.69) is 0 Å². The molecule has 0 radical (unpaired) electrons. The van der Waals surface area contributed by atoms with E-state index in [1.165, 1.54) is 40.0 Å². The van der Waals surface area contributed by atoms with Gasteiger partial charge in [0.1, 0.15) is 46.7 Å². The number of halogens is 2. The number of aromatic hydroxyl groups is 2. The van der Waals surface area contributed by atoms with Crippen molar-refractivity contribution in [3.8, 4) is 11.5 Å². The van der Waals surface area contributed by atoms with Crippen molar-refractivity contribution in [2.45, 2.75) is 180 Å². The summed E-state index contributed by atoms with van der Waals surface area (Å²) in [6.07, 6.45) is -5.41. The van der Waals surface area contributed by atoms with Gasteiger partial charge in [-0.3, -0.25) is 4.79 Å². The number of phenols is 2. The van der Waals surface area contributed by atoms with E-state index in [0.29, 0.717) is 23.1 Å². The van der Waals surface area contributed by atoms with Crippen LogP contribution in [0.4, 0.5) is 0 Å². The summed E-state index contributed by atoms with van der Waals surface area (Å²) in [4.78, 5) is 39.3. The van der Waals surface area contributed by atoms with Gasteiger partial charge in [-0.05, 0) is 90.5 Å². The zero-order chi connectivity index (χ0) is 52.5. The number of cyclic esters (lactones) is 1. The molecule has 0 aliphatic carbocycles. The molecule has 0 aromatic heterocycles. The van der Waals surface area contributed by atoms with Crippen LogP contribution < -0.4 is 0 Å². The summed E-state index contributed by atoms with van der Waals surface area (Å²) >= 11 is 12.3. The van der Waals surface area contributed by atoms with Gasteiger partial charge in [-0.25, -0.2) is 9.59 Å². The lowest BCUT2D eigenvalue weighted by Crippen LogP contribution is -2.64. The first-order chi connectivity index (χ1) is 32.8. The monoisotopic (exact) mass is 1030 g/mol. The molecule has 7 N–H and O–H groups in total. The van der Waals surface area contributed by atoms with Gasteiger partial charge < -0.3 is 73.6 Å². The van der Waals surface area contributed by atoms with Crippen LogP contribution in [0.15, 0.2) is 58.7 Å². The Morgan fingerprint density at radius 1 is 0.929 bits per heavy atom. The van der Waals surface area contributed by atoms with E-state index in [9.17, 15) is 50.1 Å². The number of aliphatic hydroxyl groups excluding tert-OH is 5. The fourth-order valence-corrected chi connectivity index (χ4v) is 9.08. The summed E-state index contributed by atoms with van der Waals surface area (Å²) in [6.45, 7) is 15.9. The highest BCUT2D eigenvalue weighted by Crippen LogP contribution is 2.45. The number of rotatable bonds is 12. The molecule has 3 aliphatic heterocycles. The molecule has 3 aliphatic rings. The Morgan fingerprint density at radius 2 is 1.60 bits per heavy atom. The van der Waals surface area contributed by atoms with E-state index in [1.54, 1.807) is 46.8 Å². The molecule has 3 heterocycles. The lowest BCUT2D eigenvalue weighted by Gasteiger charge is -2.47. The minimum absolute atomic E-state index is 0.0374. The van der Waals surface area contributed by atoms with E-state index in [4.69, 9.17) is 61.1 Å². The quantitative estimate of drug-likeness (QED) is 0.0763. The number of allylic oxidation sites excluding steroid dienone is 4. The number of benzene rings is 1. The summed E-state index contributed by atoms with van der Waals surface area (Å²) < 4.78 is 47.1. The molecule has 0 amide bonds. The lowest BCUT2D eigenvalue weighted by molar-refractivity contribution is -0.333. The average Bonchev–Trinajstić information content (AvgIpc) is 3.29. The third kappa shape index (κ3) is 14.2. The number of hydrogen-bond acceptors (Lipinski definition) is 18. The van der Waals surface area contributed by atoms with Crippen LogP contribution in [0.3, 0.4) is 0 Å². The van der Waals surface area contributed by atoms with E-state index in [0.717, 1.165) is 0 Å². The highest BCUT2D eigenvalue weighted by Gasteiger charge is 2.52. The van der Waals surface area contributed by atoms with Crippen molar-refractivity contribution in [1.82, 2.24) is 0 Å². The van der Waals surface area contributed by atoms with Crippen LogP contribution >= 0.6 is 23.2 Å². The first-order valence-corrected chi connectivity index (χ1v) is 24.0. The molecular weight excluding hydrogens is 959 g/mol. The Labute approximate surface area is 419 Å². The van der Waals surface area contributed by atoms with Crippen molar-refractivity contribution in [1.29, 1.82) is 0 Å². The standard InChI is InChI=1S/C50H70Cl2O18/c1-12-29-21-24(4)32(55)17-15-14-16-30(22-64-49-44(63-11)41(60)43(27(7)65-49)68-47(62)34-31(13-2)35(51)38(57)36(52)37(34)56)46(61)67-33(26(6)53)19-18-23(3)20-25(5)42(29)69-48-40(59)39(58)45(66-28(8)54)50(9,10)70-48/h14-16,18,20-21,26-27,29,32-33,39-45,48-49,53,55-60H,12-13,17,19,22H2,1-11H3/b15-14+,23-18+,24-21+,25-20+,30-16+. The second-order valence-corrected chi connectivity index (χ2v) is 19.1. The van der Waals surface area contributed by atoms with Crippen molar-refractivity contribution in [3.05, 3.63) is 79.9 Å². The molecule has 0 bridgehead atoms. The second-order valence-electron chi connectivity index (χ2n) is 18.4. The van der Waals surface area contributed by atoms with Crippen LogP contribution in [0.2, 0.25) is 10.0 Å². The fourth-order valence-electron chi connectivity index (χ4n) is 8.52. The SMILES string of the molecule is CCc1c(Cl)c(O)c(Cl)c(O)c1C(=O)OC1C(C)OC(OC/C2=C\C=C\CC(O)/C(C)=C/C(CC)C(OC3OC(C)(C)C(OC(C)=O)C(O)C3O)/C(C)=C/C(C)=C/CC(C(C)O)OC2=O)C(OC)C1O. The maximum Gasteiger partial charge on any atom is 0.342 e. The fraction of sp³-hybridized carbons (Fsp3) is 0.620. The van der Waals surface area contributed by atoms with E-state index in [1.807, 2.05) is 26.0 Å². The molecule has 2 saturated heterocycles. The van der Waals surface area contributed by atoms with Crippen molar-refractivity contribution < 1.29 is 88.0 Å². The third-order valence-corrected chi connectivity index (χ3v) is 13.3. The molecule has 2 fully saturated rings. The Kier molecular flexibility index (Phi) is 21.5. The lowest BCUT2D eigenvalue weighted by atomic mass is 9.88. The number of esters is 3. The van der Waals surface area contributed by atoms with Gasteiger partial charge in [0.2, 0.25) is 0 Å². The number of carbonyl (C=O) groups excluding carboxylic acids is 3. The maximum atomic E-state index is 13.9. The molecule has 392 valence electrons. The van der Waals surface area contributed by atoms with Crippen LogP contribution in [-0.2, 0) is 53.9 Å². The summed E-state index contributed by atoms with van der Waals surface area (Å²) in [5.74, 6) is -4.39. The van der Waals surface area contributed by atoms with E-state index >= 15 is 0 Å². The molecule has 70 heavy (non-hydrogen) atoms. The number of carbonyl (C=O) groups is 3. The molecule has 18 nitrogen and oxygen atoms in total.